The van der Waals surface area contributed by atoms with Gasteiger partial charge in [0.15, 0.2) is 17.7 Å². The van der Waals surface area contributed by atoms with Crippen molar-refractivity contribution in [3.05, 3.63) is 71.7 Å². The van der Waals surface area contributed by atoms with E-state index < -0.39 is 24.5 Å². The second-order valence-corrected chi connectivity index (χ2v) is 9.05. The normalized spacial score (nSPS) is 26.1. The van der Waals surface area contributed by atoms with E-state index in [0.717, 1.165) is 30.5 Å². The molecule has 0 aromatic carbocycles. The minimum atomic E-state index is -1.26. The van der Waals surface area contributed by atoms with E-state index in [1.807, 2.05) is 37.3 Å². The monoisotopic (exact) mass is 491 g/mol. The van der Waals surface area contributed by atoms with Crippen molar-refractivity contribution in [3.63, 3.8) is 0 Å². The van der Waals surface area contributed by atoms with Gasteiger partial charge in [-0.1, -0.05) is 23.8 Å². The number of nitrogens with two attached hydrogens (primary N) is 1. The Balaban J connectivity index is 1.31. The maximum Gasteiger partial charge on any atom is 0.253 e. The third kappa shape index (κ3) is 4.68. The Morgan fingerprint density at radius 1 is 1.25 bits per heavy atom. The molecule has 11 nitrogen and oxygen atoms in total. The maximum atomic E-state index is 13.2. The van der Waals surface area contributed by atoms with E-state index in [4.69, 9.17) is 10.5 Å². The number of fused-ring (bicyclic) bond motifs is 1. The van der Waals surface area contributed by atoms with Crippen molar-refractivity contribution in [1.29, 1.82) is 0 Å². The van der Waals surface area contributed by atoms with E-state index in [1.165, 1.54) is 17.2 Å². The summed E-state index contributed by atoms with van der Waals surface area (Å²) in [5.41, 5.74) is 9.88. The topological polar surface area (TPSA) is 160 Å². The van der Waals surface area contributed by atoms with Crippen LogP contribution in [0.2, 0.25) is 0 Å². The number of hydrogen-bond donors (Lipinski definition) is 5. The molecule has 188 valence electrons. The summed E-state index contributed by atoms with van der Waals surface area (Å²) in [6.45, 7) is 1.97. The first-order valence-corrected chi connectivity index (χ1v) is 11.9. The molecule has 2 aromatic heterocycles. The fourth-order valence-electron chi connectivity index (χ4n) is 4.48. The summed E-state index contributed by atoms with van der Waals surface area (Å²) in [6, 6.07) is 0. The molecule has 6 N–H and O–H groups in total. The van der Waals surface area contributed by atoms with Gasteiger partial charge in [0, 0.05) is 12.2 Å². The van der Waals surface area contributed by atoms with Crippen LogP contribution in [0.25, 0.3) is 11.2 Å². The SMILES string of the molecule is CC1=CC(C(=O)NCC2OC(n3cnc4c(N)ncnc43)C(O)C2O)=C(NC2=CC=CCC2)C=CC1. The Labute approximate surface area is 207 Å². The molecule has 1 fully saturated rings. The average molecular weight is 492 g/mol. The molecule has 11 heteroatoms. The Hall–Kier alpha value is -3.80. The van der Waals surface area contributed by atoms with Crippen LogP contribution in [0.4, 0.5) is 5.82 Å². The smallest absolute Gasteiger partial charge is 0.253 e. The number of nitrogens with one attached hydrogen (secondary N) is 2. The number of aliphatic hydroxyl groups excluding tert-OH is 2. The summed E-state index contributed by atoms with van der Waals surface area (Å²) in [7, 11) is 0. The minimum Gasteiger partial charge on any atom is -0.387 e. The zero-order chi connectivity index (χ0) is 25.2. The van der Waals surface area contributed by atoms with Crippen molar-refractivity contribution >= 4 is 22.9 Å². The lowest BCUT2D eigenvalue weighted by Crippen LogP contribution is -2.40. The van der Waals surface area contributed by atoms with E-state index in [1.54, 1.807) is 0 Å². The summed E-state index contributed by atoms with van der Waals surface area (Å²) >= 11 is 0. The van der Waals surface area contributed by atoms with Gasteiger partial charge in [-0.15, -0.1) is 0 Å². The molecule has 1 aliphatic heterocycles. The highest BCUT2D eigenvalue weighted by Crippen LogP contribution is 2.32. The molecule has 1 amide bonds. The van der Waals surface area contributed by atoms with Gasteiger partial charge in [0.2, 0.25) is 0 Å². The third-order valence-corrected chi connectivity index (χ3v) is 6.42. The molecule has 2 aromatic rings. The van der Waals surface area contributed by atoms with Crippen molar-refractivity contribution in [2.75, 3.05) is 12.3 Å². The third-order valence-electron chi connectivity index (χ3n) is 6.42. The van der Waals surface area contributed by atoms with E-state index in [9.17, 15) is 15.0 Å². The van der Waals surface area contributed by atoms with Gasteiger partial charge in [0.05, 0.1) is 17.6 Å². The molecule has 0 bridgehead atoms. The van der Waals surface area contributed by atoms with Gasteiger partial charge in [0.1, 0.15) is 30.2 Å². The van der Waals surface area contributed by atoms with Crippen LogP contribution in [-0.2, 0) is 9.53 Å². The van der Waals surface area contributed by atoms with E-state index in [2.05, 4.69) is 31.7 Å². The van der Waals surface area contributed by atoms with Crippen LogP contribution in [0.3, 0.4) is 0 Å². The van der Waals surface area contributed by atoms with Crippen molar-refractivity contribution in [1.82, 2.24) is 30.2 Å². The van der Waals surface area contributed by atoms with Gasteiger partial charge in [-0.2, -0.15) is 0 Å². The predicted molar refractivity (Wildman–Crippen MR) is 133 cm³/mol. The van der Waals surface area contributed by atoms with Crippen molar-refractivity contribution in [2.24, 2.45) is 0 Å². The summed E-state index contributed by atoms with van der Waals surface area (Å²) < 4.78 is 7.44. The van der Waals surface area contributed by atoms with Gasteiger partial charge in [0.25, 0.3) is 5.91 Å². The number of nitrogen functional groups attached to an aromatic ring is 1. The minimum absolute atomic E-state index is 0.00384. The zero-order valence-electron chi connectivity index (χ0n) is 19.8. The summed E-state index contributed by atoms with van der Waals surface area (Å²) in [4.78, 5) is 25.5. The zero-order valence-corrected chi connectivity index (χ0v) is 19.8. The molecule has 4 atom stereocenters. The standard InChI is InChI=1S/C25H29N7O4/c1-14-6-5-9-17(31-15-7-3-2-4-8-15)16(10-14)24(35)27-11-18-20(33)21(34)25(36-18)32-13-30-19-22(26)28-12-29-23(19)32/h2-3,5,7,9-10,12-13,18,20-21,25,31,33-34H,4,6,8,11H2,1H3,(H,27,35)(H2,26,28,29). The number of carbonyl (C=O) groups excluding carboxylic acids is 1. The van der Waals surface area contributed by atoms with Gasteiger partial charge >= 0.3 is 0 Å². The van der Waals surface area contributed by atoms with Crippen LogP contribution >= 0.6 is 0 Å². The molecule has 5 rings (SSSR count). The molecule has 36 heavy (non-hydrogen) atoms. The number of allylic oxidation sites excluding steroid dienone is 7. The number of anilines is 1. The maximum absolute atomic E-state index is 13.2. The molecule has 1 saturated heterocycles. The van der Waals surface area contributed by atoms with Crippen LogP contribution in [0.1, 0.15) is 32.4 Å². The number of nitrogens with zero attached hydrogens (tertiary/aromatic N) is 4. The lowest BCUT2D eigenvalue weighted by molar-refractivity contribution is -0.118. The molecule has 0 saturated carbocycles. The van der Waals surface area contributed by atoms with Crippen molar-refractivity contribution in [3.8, 4) is 0 Å². The Morgan fingerprint density at radius 2 is 2.11 bits per heavy atom. The molecular formula is C25H29N7O4. The fourth-order valence-corrected chi connectivity index (χ4v) is 4.48. The first kappa shape index (κ1) is 23.9. The number of amides is 1. The molecular weight excluding hydrogens is 462 g/mol. The number of aliphatic hydroxyl groups is 2. The Kier molecular flexibility index (Phi) is 6.68. The van der Waals surface area contributed by atoms with Crippen molar-refractivity contribution in [2.45, 2.75) is 50.7 Å². The van der Waals surface area contributed by atoms with Gasteiger partial charge in [-0.3, -0.25) is 9.36 Å². The van der Waals surface area contributed by atoms with Gasteiger partial charge in [-0.25, -0.2) is 15.0 Å². The highest BCUT2D eigenvalue weighted by atomic mass is 16.6. The highest BCUT2D eigenvalue weighted by molar-refractivity contribution is 5.97. The molecule has 4 unspecified atom stereocenters. The number of rotatable bonds is 6. The second kappa shape index (κ2) is 10.1. The number of ether oxygens (including phenoxy) is 1. The lowest BCUT2D eigenvalue weighted by atomic mass is 10.1. The largest absolute Gasteiger partial charge is 0.387 e. The summed E-state index contributed by atoms with van der Waals surface area (Å²) in [5.74, 6) is -0.105. The van der Waals surface area contributed by atoms with Crippen LogP contribution < -0.4 is 16.4 Å². The van der Waals surface area contributed by atoms with Crippen LogP contribution in [0.5, 0.6) is 0 Å². The second-order valence-electron chi connectivity index (χ2n) is 9.05. The molecule has 2 aliphatic carbocycles. The Morgan fingerprint density at radius 3 is 2.92 bits per heavy atom. The first-order valence-electron chi connectivity index (χ1n) is 11.9. The molecule has 3 aliphatic rings. The number of hydrogen-bond acceptors (Lipinski definition) is 9. The van der Waals surface area contributed by atoms with E-state index >= 15 is 0 Å². The van der Waals surface area contributed by atoms with Gasteiger partial charge < -0.3 is 31.3 Å². The number of aromatic nitrogens is 4. The van der Waals surface area contributed by atoms with Gasteiger partial charge in [-0.05, 0) is 44.4 Å². The summed E-state index contributed by atoms with van der Waals surface area (Å²) in [6.07, 6.45) is 12.9. The molecule has 0 radical (unpaired) electrons. The van der Waals surface area contributed by atoms with Crippen LogP contribution in [0.15, 0.2) is 71.7 Å². The Bertz CT molecular complexity index is 1320. The van der Waals surface area contributed by atoms with Crippen molar-refractivity contribution < 1.29 is 19.7 Å². The predicted octanol–water partition coefficient (Wildman–Crippen LogP) is 1.13. The summed E-state index contributed by atoms with van der Waals surface area (Å²) in [5, 5.41) is 27.6. The van der Waals surface area contributed by atoms with Crippen LogP contribution in [0, 0.1) is 0 Å². The molecule has 3 heterocycles. The van der Waals surface area contributed by atoms with Crippen LogP contribution in [-0.4, -0.2) is 60.5 Å². The van der Waals surface area contributed by atoms with E-state index in [-0.39, 0.29) is 18.3 Å². The van der Waals surface area contributed by atoms with E-state index in [0.29, 0.717) is 22.4 Å². The first-order chi connectivity index (χ1) is 17.4. The quantitative estimate of drug-likeness (QED) is 0.399. The lowest BCUT2D eigenvalue weighted by Gasteiger charge is -2.18. The highest BCUT2D eigenvalue weighted by Gasteiger charge is 2.44. The fraction of sp³-hybridized carbons (Fsp3) is 0.360. The number of imidazole rings is 1. The average Bonchev–Trinajstić information content (AvgIpc) is 3.36. The number of carbonyl (C=O) groups is 1. The molecule has 0 spiro atoms.